The number of nitrogens with one attached hydrogen (secondary N) is 1. The van der Waals surface area contributed by atoms with Crippen molar-refractivity contribution in [2.24, 2.45) is 0 Å². The van der Waals surface area contributed by atoms with Crippen LogP contribution in [0.25, 0.3) is 17.3 Å². The van der Waals surface area contributed by atoms with Gasteiger partial charge in [0, 0.05) is 17.5 Å². The lowest BCUT2D eigenvalue weighted by atomic mass is 9.97. The van der Waals surface area contributed by atoms with Crippen molar-refractivity contribution in [3.63, 3.8) is 0 Å². The molecule has 1 fully saturated rings. The molecule has 3 rings (SSSR count). The predicted octanol–water partition coefficient (Wildman–Crippen LogP) is 4.72. The number of ether oxygens (including phenoxy) is 2. The van der Waals surface area contributed by atoms with Crippen molar-refractivity contribution in [3.8, 4) is 11.3 Å². The van der Waals surface area contributed by atoms with E-state index in [1.807, 2.05) is 39.8 Å². The Morgan fingerprint density at radius 3 is 2.53 bits per heavy atom. The van der Waals surface area contributed by atoms with Crippen molar-refractivity contribution >= 4 is 22.0 Å². The predicted molar refractivity (Wildman–Crippen MR) is 123 cm³/mol. The molecule has 1 aromatic carbocycles. The average molecular weight is 464 g/mol. The molecule has 1 unspecified atom stereocenters. The van der Waals surface area contributed by atoms with Crippen LogP contribution in [0.3, 0.4) is 0 Å². The molecule has 1 N–H and O–H groups in total. The Morgan fingerprint density at radius 2 is 1.94 bits per heavy atom. The zero-order chi connectivity index (χ0) is 23.5. The summed E-state index contributed by atoms with van der Waals surface area (Å²) in [5.41, 5.74) is 2.58. The molecule has 0 saturated carbocycles. The Kier molecular flexibility index (Phi) is 7.32. The number of sulfonamides is 1. The van der Waals surface area contributed by atoms with E-state index in [-0.39, 0.29) is 29.5 Å². The number of nitrogens with zero attached hydrogens (tertiary/aromatic N) is 2. The molecule has 0 spiro atoms. The second-order valence-electron chi connectivity index (χ2n) is 8.41. The number of hydrogen-bond donors (Lipinski definition) is 1. The number of rotatable bonds is 7. The van der Waals surface area contributed by atoms with E-state index >= 15 is 0 Å². The number of benzene rings is 1. The number of anilines is 1. The summed E-state index contributed by atoms with van der Waals surface area (Å²) in [5, 5.41) is 0. The normalized spacial score (nSPS) is 18.9. The maximum Gasteiger partial charge on any atom is 0.237 e. The van der Waals surface area contributed by atoms with Gasteiger partial charge >= 0.3 is 0 Å². The van der Waals surface area contributed by atoms with Gasteiger partial charge < -0.3 is 9.47 Å². The van der Waals surface area contributed by atoms with E-state index < -0.39 is 15.8 Å². The summed E-state index contributed by atoms with van der Waals surface area (Å²) in [4.78, 5) is 9.01. The van der Waals surface area contributed by atoms with E-state index in [0.29, 0.717) is 30.0 Å². The third-order valence-corrected chi connectivity index (χ3v) is 6.28. The highest BCUT2D eigenvalue weighted by atomic mass is 32.2. The van der Waals surface area contributed by atoms with Crippen LogP contribution < -0.4 is 4.72 Å². The van der Waals surface area contributed by atoms with Gasteiger partial charge in [0.25, 0.3) is 0 Å². The van der Waals surface area contributed by atoms with E-state index in [2.05, 4.69) is 14.7 Å². The lowest BCUT2D eigenvalue weighted by Gasteiger charge is -2.34. The fourth-order valence-corrected chi connectivity index (χ4v) is 3.91. The van der Waals surface area contributed by atoms with Crippen molar-refractivity contribution in [1.29, 1.82) is 0 Å². The van der Waals surface area contributed by atoms with E-state index in [4.69, 9.17) is 9.47 Å². The van der Waals surface area contributed by atoms with Gasteiger partial charge in [-0.1, -0.05) is 26.0 Å². The summed E-state index contributed by atoms with van der Waals surface area (Å²) in [6.45, 7) is 9.81. The molecule has 1 saturated heterocycles. The minimum absolute atomic E-state index is 0.00419. The first-order chi connectivity index (χ1) is 15.0. The van der Waals surface area contributed by atoms with Crippen LogP contribution >= 0.6 is 0 Å². The van der Waals surface area contributed by atoms with Crippen molar-refractivity contribution in [1.82, 2.24) is 9.97 Å². The van der Waals surface area contributed by atoms with Crippen molar-refractivity contribution in [3.05, 3.63) is 47.4 Å². The summed E-state index contributed by atoms with van der Waals surface area (Å²) in [6, 6.07) is 5.93. The van der Waals surface area contributed by atoms with E-state index in [1.54, 1.807) is 19.1 Å². The van der Waals surface area contributed by atoms with Crippen LogP contribution in [0, 0.1) is 5.82 Å². The molecule has 7 nitrogen and oxygen atoms in total. The molecule has 1 aliphatic rings. The van der Waals surface area contributed by atoms with Gasteiger partial charge in [0.1, 0.15) is 5.82 Å². The SMILES string of the molecule is CCS(=O)(=O)Nc1nc(-c2ccc(F)cc2)c(/C=C/C2CCOC(C)(C)O2)c(C(C)C)n1. The first kappa shape index (κ1) is 24.3. The Balaban J connectivity index is 2.12. The van der Waals surface area contributed by atoms with Gasteiger partial charge in [-0.25, -0.2) is 22.8 Å². The minimum Gasteiger partial charge on any atom is -0.350 e. The molecular formula is C23H30FN3O4S. The van der Waals surface area contributed by atoms with Crippen molar-refractivity contribution < 1.29 is 22.3 Å². The highest BCUT2D eigenvalue weighted by Crippen LogP contribution is 2.31. The fourth-order valence-electron chi connectivity index (χ4n) is 3.39. The van der Waals surface area contributed by atoms with Crippen LogP contribution in [-0.2, 0) is 19.5 Å². The third-order valence-electron chi connectivity index (χ3n) is 5.03. The summed E-state index contributed by atoms with van der Waals surface area (Å²) in [7, 11) is -3.56. The van der Waals surface area contributed by atoms with Gasteiger partial charge in [-0.2, -0.15) is 0 Å². The van der Waals surface area contributed by atoms with Crippen LogP contribution in [-0.4, -0.2) is 42.6 Å². The first-order valence-corrected chi connectivity index (χ1v) is 12.3. The molecule has 0 bridgehead atoms. The summed E-state index contributed by atoms with van der Waals surface area (Å²) < 4.78 is 51.8. The van der Waals surface area contributed by atoms with Gasteiger partial charge in [-0.15, -0.1) is 0 Å². The largest absolute Gasteiger partial charge is 0.350 e. The summed E-state index contributed by atoms with van der Waals surface area (Å²) in [6.07, 6.45) is 4.40. The number of halogens is 1. The van der Waals surface area contributed by atoms with E-state index in [1.165, 1.54) is 12.1 Å². The summed E-state index contributed by atoms with van der Waals surface area (Å²) in [5.74, 6) is -1.16. The fraction of sp³-hybridized carbons (Fsp3) is 0.478. The molecule has 2 heterocycles. The van der Waals surface area contributed by atoms with E-state index in [9.17, 15) is 12.8 Å². The molecule has 0 radical (unpaired) electrons. The maximum atomic E-state index is 13.6. The Morgan fingerprint density at radius 1 is 1.25 bits per heavy atom. The molecule has 1 atom stereocenters. The van der Waals surface area contributed by atoms with Gasteiger partial charge in [-0.3, -0.25) is 4.72 Å². The van der Waals surface area contributed by atoms with Gasteiger partial charge in [0.05, 0.1) is 29.9 Å². The lowest BCUT2D eigenvalue weighted by molar-refractivity contribution is -0.262. The molecule has 0 aliphatic carbocycles. The van der Waals surface area contributed by atoms with Gasteiger partial charge in [-0.05, 0) is 51.0 Å². The maximum absolute atomic E-state index is 13.6. The molecule has 1 aromatic heterocycles. The van der Waals surface area contributed by atoms with Crippen LogP contribution in [0.15, 0.2) is 30.3 Å². The van der Waals surface area contributed by atoms with Crippen LogP contribution in [0.2, 0.25) is 0 Å². The molecule has 174 valence electrons. The smallest absolute Gasteiger partial charge is 0.237 e. The third kappa shape index (κ3) is 6.11. The van der Waals surface area contributed by atoms with Crippen molar-refractivity contribution in [2.45, 2.75) is 58.8 Å². The Labute approximate surface area is 189 Å². The molecular weight excluding hydrogens is 433 g/mol. The zero-order valence-corrected chi connectivity index (χ0v) is 19.9. The van der Waals surface area contributed by atoms with Gasteiger partial charge in [0.2, 0.25) is 16.0 Å². The van der Waals surface area contributed by atoms with Gasteiger partial charge in [0.15, 0.2) is 5.79 Å². The topological polar surface area (TPSA) is 90.4 Å². The molecule has 9 heteroatoms. The van der Waals surface area contributed by atoms with Crippen molar-refractivity contribution in [2.75, 3.05) is 17.1 Å². The number of aromatic nitrogens is 2. The van der Waals surface area contributed by atoms with Crippen LogP contribution in [0.1, 0.15) is 58.2 Å². The van der Waals surface area contributed by atoms with E-state index in [0.717, 1.165) is 5.56 Å². The Hall–Kier alpha value is -2.36. The molecule has 32 heavy (non-hydrogen) atoms. The lowest BCUT2D eigenvalue weighted by Crippen LogP contribution is -2.38. The van der Waals surface area contributed by atoms with Crippen LogP contribution in [0.4, 0.5) is 10.3 Å². The zero-order valence-electron chi connectivity index (χ0n) is 19.1. The quantitative estimate of drug-likeness (QED) is 0.639. The highest BCUT2D eigenvalue weighted by Gasteiger charge is 2.28. The monoisotopic (exact) mass is 463 g/mol. The summed E-state index contributed by atoms with van der Waals surface area (Å²) >= 11 is 0. The second-order valence-corrected chi connectivity index (χ2v) is 10.4. The molecule has 1 aliphatic heterocycles. The second kappa shape index (κ2) is 9.64. The van der Waals surface area contributed by atoms with Crippen LogP contribution in [0.5, 0.6) is 0 Å². The Bertz CT molecular complexity index is 1080. The number of hydrogen-bond acceptors (Lipinski definition) is 6. The first-order valence-electron chi connectivity index (χ1n) is 10.7. The molecule has 0 amide bonds. The highest BCUT2D eigenvalue weighted by molar-refractivity contribution is 7.92. The minimum atomic E-state index is -3.56. The molecule has 2 aromatic rings. The average Bonchev–Trinajstić information content (AvgIpc) is 2.72. The standard InChI is InChI=1S/C23H30FN3O4S/c1-6-32(28,29)27-22-25-20(15(2)3)19(12-11-18-13-14-30-23(4,5)31-18)21(26-22)16-7-9-17(24)10-8-16/h7-12,15,18H,6,13-14H2,1-5H3,(H,25,26,27)/b12-11+.